The first-order valence-electron chi connectivity index (χ1n) is 20.8. The van der Waals surface area contributed by atoms with Gasteiger partial charge in [-0.3, -0.25) is 19.2 Å². The number of aliphatic hydroxyl groups is 1. The first-order valence-corrected chi connectivity index (χ1v) is 20.8. The zero-order valence-electron chi connectivity index (χ0n) is 34.9. The summed E-state index contributed by atoms with van der Waals surface area (Å²) >= 11 is 0. The van der Waals surface area contributed by atoms with Crippen molar-refractivity contribution in [3.8, 4) is 12.3 Å². The average molecular weight is 851 g/mol. The molecule has 0 radical (unpaired) electrons. The van der Waals surface area contributed by atoms with Crippen LogP contribution < -0.4 is 5.43 Å². The number of hydrogen-bond donors (Lipinski definition) is 2. The molecule has 6 aliphatic rings. The molecule has 1 aliphatic heterocycles. The van der Waals surface area contributed by atoms with Crippen LogP contribution in [0.2, 0.25) is 0 Å². The van der Waals surface area contributed by atoms with E-state index in [0.717, 1.165) is 57.2 Å². The molecule has 16 heteroatoms. The van der Waals surface area contributed by atoms with Crippen LogP contribution in [-0.4, -0.2) is 89.6 Å². The number of esters is 4. The minimum atomic E-state index is -3.70. The van der Waals surface area contributed by atoms with E-state index in [4.69, 9.17) is 34.8 Å². The predicted octanol–water partition coefficient (Wildman–Crippen LogP) is 6.06. The van der Waals surface area contributed by atoms with Crippen molar-refractivity contribution >= 4 is 35.7 Å². The van der Waals surface area contributed by atoms with Crippen molar-refractivity contribution in [2.45, 2.75) is 146 Å². The SMILES string of the molecule is C#CC(F)(F)[C@]1(O)CC[C@H]2[C@@H]3CCC4=C/C(=N/NC(=O)O[C@@H]5O[C@H](COC(C)=O)[C@H](OC(C)=O)[C@H](OC(C)=O)[C@H]5OC(C)=O)CCC4=C3C(c3ccc(C4CC4)cc3)C[C@@]21C. The number of amides is 1. The third-order valence-corrected chi connectivity index (χ3v) is 13.5. The van der Waals surface area contributed by atoms with Gasteiger partial charge in [-0.2, -0.15) is 13.9 Å². The number of fused-ring (bicyclic) bond motifs is 4. The lowest BCUT2D eigenvalue weighted by Crippen LogP contribution is -2.63. The molecule has 328 valence electrons. The minimum absolute atomic E-state index is 0.0465. The van der Waals surface area contributed by atoms with E-state index in [1.54, 1.807) is 12.8 Å². The summed E-state index contributed by atoms with van der Waals surface area (Å²) in [6.07, 6.45) is 3.76. The summed E-state index contributed by atoms with van der Waals surface area (Å²) in [7, 11) is 0. The number of hydrazone groups is 1. The number of hydrogen-bond acceptors (Lipinski definition) is 13. The second kappa shape index (κ2) is 17.0. The van der Waals surface area contributed by atoms with Crippen LogP contribution >= 0.6 is 0 Å². The Morgan fingerprint density at radius 1 is 0.885 bits per heavy atom. The van der Waals surface area contributed by atoms with Gasteiger partial charge in [-0.25, -0.2) is 10.2 Å². The van der Waals surface area contributed by atoms with Crippen molar-refractivity contribution in [2.24, 2.45) is 22.4 Å². The highest BCUT2D eigenvalue weighted by molar-refractivity contribution is 5.98. The average Bonchev–Trinajstić information content (AvgIpc) is 4.02. The molecule has 1 amide bonds. The molecule has 3 saturated carbocycles. The zero-order valence-corrected chi connectivity index (χ0v) is 34.9. The first kappa shape index (κ1) is 43.9. The number of halogens is 2. The second-order valence-electron chi connectivity index (χ2n) is 17.3. The van der Waals surface area contributed by atoms with E-state index in [2.05, 4.69) is 34.8 Å². The van der Waals surface area contributed by atoms with Crippen LogP contribution in [0.3, 0.4) is 0 Å². The molecule has 0 spiro atoms. The summed E-state index contributed by atoms with van der Waals surface area (Å²) in [5, 5.41) is 16.2. The van der Waals surface area contributed by atoms with Crippen LogP contribution in [0.1, 0.15) is 115 Å². The Kier molecular flexibility index (Phi) is 12.2. The summed E-state index contributed by atoms with van der Waals surface area (Å²) in [5.74, 6) is -5.21. The van der Waals surface area contributed by atoms with Gasteiger partial charge in [0.05, 0.1) is 5.71 Å². The Bertz CT molecular complexity index is 2090. The maximum atomic E-state index is 15.6. The van der Waals surface area contributed by atoms with Crippen molar-refractivity contribution in [1.82, 2.24) is 5.43 Å². The summed E-state index contributed by atoms with van der Waals surface area (Å²) in [5.41, 5.74) is 5.07. The number of carbonyl (C=O) groups is 5. The zero-order chi connectivity index (χ0) is 44.0. The van der Waals surface area contributed by atoms with Crippen molar-refractivity contribution in [1.29, 1.82) is 0 Å². The highest BCUT2D eigenvalue weighted by Crippen LogP contribution is 2.69. The molecule has 1 heterocycles. The third-order valence-electron chi connectivity index (χ3n) is 13.5. The van der Waals surface area contributed by atoms with Crippen molar-refractivity contribution < 1.29 is 66.3 Å². The Labute approximate surface area is 352 Å². The number of rotatable bonds is 10. The van der Waals surface area contributed by atoms with E-state index in [-0.39, 0.29) is 24.2 Å². The molecule has 7 rings (SSSR count). The van der Waals surface area contributed by atoms with Gasteiger partial charge >= 0.3 is 35.9 Å². The number of carbonyl (C=O) groups excluding carboxylic acids is 5. The number of nitrogens with zero attached hydrogens (tertiary/aromatic N) is 1. The van der Waals surface area contributed by atoms with Gasteiger partial charge in [0, 0.05) is 39.0 Å². The van der Waals surface area contributed by atoms with Gasteiger partial charge in [0.25, 0.3) is 0 Å². The van der Waals surface area contributed by atoms with Gasteiger partial charge in [-0.15, -0.1) is 6.42 Å². The minimum Gasteiger partial charge on any atom is -0.463 e. The molecular weight excluding hydrogens is 798 g/mol. The van der Waals surface area contributed by atoms with Crippen LogP contribution in [0, 0.1) is 29.6 Å². The summed E-state index contributed by atoms with van der Waals surface area (Å²) < 4.78 is 63.7. The van der Waals surface area contributed by atoms with E-state index in [1.165, 1.54) is 11.1 Å². The van der Waals surface area contributed by atoms with Crippen LogP contribution in [-0.2, 0) is 47.6 Å². The normalized spacial score (nSPS) is 33.8. The summed E-state index contributed by atoms with van der Waals surface area (Å²) in [4.78, 5) is 61.4. The predicted molar refractivity (Wildman–Crippen MR) is 211 cm³/mol. The number of ether oxygens (including phenoxy) is 6. The molecule has 61 heavy (non-hydrogen) atoms. The Morgan fingerprint density at radius 2 is 1.52 bits per heavy atom. The van der Waals surface area contributed by atoms with Gasteiger partial charge in [-0.05, 0) is 110 Å². The molecule has 1 aromatic rings. The second-order valence-corrected chi connectivity index (χ2v) is 17.3. The van der Waals surface area contributed by atoms with E-state index >= 15 is 8.78 Å². The van der Waals surface area contributed by atoms with E-state index in [0.29, 0.717) is 50.2 Å². The lowest BCUT2D eigenvalue weighted by Gasteiger charge is -2.55. The molecule has 5 aliphatic carbocycles. The van der Waals surface area contributed by atoms with Gasteiger partial charge in [0.15, 0.2) is 12.2 Å². The molecule has 0 aromatic heterocycles. The van der Waals surface area contributed by atoms with Crippen molar-refractivity contribution in [2.75, 3.05) is 6.61 Å². The highest BCUT2D eigenvalue weighted by Gasteiger charge is 2.71. The molecule has 1 unspecified atom stereocenters. The molecular formula is C45H52F2N2O12. The summed E-state index contributed by atoms with van der Waals surface area (Å²) in [6.45, 7) is 5.67. The maximum Gasteiger partial charge on any atom is 0.430 e. The van der Waals surface area contributed by atoms with Crippen LogP contribution in [0.15, 0.2) is 52.2 Å². The topological polar surface area (TPSA) is 185 Å². The quantitative estimate of drug-likeness (QED) is 0.120. The fourth-order valence-corrected chi connectivity index (χ4v) is 10.6. The Morgan fingerprint density at radius 3 is 2.15 bits per heavy atom. The Balaban J connectivity index is 1.15. The van der Waals surface area contributed by atoms with Crippen LogP contribution in [0.25, 0.3) is 0 Å². The molecule has 2 N–H and O–H groups in total. The standard InChI is InChI=1S/C45H52F2N2O12/c1-7-45(46,47)44(55)19-18-35-33-16-14-30-20-31(15-17-32(30)37(33)34(21-43(35,44)6)29-12-10-28(11-13-29)27-8-9-27)48-49-42(54)61-41-40(59-26(5)53)39(58-25(4)52)38(57-24(3)51)36(60-41)22-56-23(2)50/h1,10-13,20,27,33-36,38-41,55H,8-9,14-19,21-22H2,2-6H3,(H,49,54)/b48-31+/t33-,34?,35-,36+,38-,39-,40+,41-,43-,44-/m0/s1. The fourth-order valence-electron chi connectivity index (χ4n) is 10.6. The lowest BCUT2D eigenvalue weighted by atomic mass is 9.50. The third kappa shape index (κ3) is 8.55. The van der Waals surface area contributed by atoms with Crippen molar-refractivity contribution in [3.05, 3.63) is 58.2 Å². The lowest BCUT2D eigenvalue weighted by molar-refractivity contribution is -0.294. The molecule has 4 fully saturated rings. The number of allylic oxidation sites excluding steroid dienone is 4. The first-order chi connectivity index (χ1) is 28.9. The van der Waals surface area contributed by atoms with E-state index < -0.39 is 84.2 Å². The van der Waals surface area contributed by atoms with Crippen LogP contribution in [0.5, 0.6) is 0 Å². The van der Waals surface area contributed by atoms with Gasteiger partial charge in [0.2, 0.25) is 12.4 Å². The van der Waals surface area contributed by atoms with E-state index in [1.807, 2.05) is 6.08 Å². The van der Waals surface area contributed by atoms with Gasteiger partial charge < -0.3 is 33.5 Å². The number of nitrogens with one attached hydrogen (secondary N) is 1. The number of alkyl halides is 2. The molecule has 14 nitrogen and oxygen atoms in total. The molecule has 1 aromatic carbocycles. The fraction of sp³-hybridized carbons (Fsp3) is 0.600. The largest absolute Gasteiger partial charge is 0.463 e. The highest BCUT2D eigenvalue weighted by atomic mass is 19.3. The smallest absolute Gasteiger partial charge is 0.430 e. The molecule has 10 atom stereocenters. The Hall–Kier alpha value is -5.14. The molecule has 1 saturated heterocycles. The molecule has 0 bridgehead atoms. The van der Waals surface area contributed by atoms with Crippen LogP contribution in [0.4, 0.5) is 13.6 Å². The number of benzene rings is 1. The van der Waals surface area contributed by atoms with Gasteiger partial charge in [-0.1, -0.05) is 36.8 Å². The number of terminal acetylenes is 1. The maximum absolute atomic E-state index is 15.6. The van der Waals surface area contributed by atoms with E-state index in [9.17, 15) is 29.1 Å². The summed E-state index contributed by atoms with van der Waals surface area (Å²) in [6, 6.07) is 8.48. The monoisotopic (exact) mass is 850 g/mol. The van der Waals surface area contributed by atoms with Crippen molar-refractivity contribution in [3.63, 3.8) is 0 Å². The van der Waals surface area contributed by atoms with Gasteiger partial charge in [0.1, 0.15) is 18.3 Å².